The summed E-state index contributed by atoms with van der Waals surface area (Å²) < 4.78 is 5.65. The first-order valence-electron chi connectivity index (χ1n) is 7.46. The largest absolute Gasteiger partial charge is 0.377 e. The van der Waals surface area contributed by atoms with Gasteiger partial charge in [0.1, 0.15) is 0 Å². The highest BCUT2D eigenvalue weighted by Gasteiger charge is 2.28. The van der Waals surface area contributed by atoms with Crippen LogP contribution in [0.15, 0.2) is 18.2 Å². The molecule has 1 aromatic carbocycles. The molecule has 19 heavy (non-hydrogen) atoms. The van der Waals surface area contributed by atoms with E-state index in [0.717, 1.165) is 13.0 Å². The molecule has 1 aliphatic rings. The first-order chi connectivity index (χ1) is 9.06. The summed E-state index contributed by atoms with van der Waals surface area (Å²) in [6.07, 6.45) is 4.86. The minimum atomic E-state index is -0.144. The Kier molecular flexibility index (Phi) is 4.64. The van der Waals surface area contributed by atoms with Gasteiger partial charge < -0.3 is 10.1 Å². The molecule has 0 bridgehead atoms. The van der Waals surface area contributed by atoms with Crippen molar-refractivity contribution in [2.75, 3.05) is 13.7 Å². The van der Waals surface area contributed by atoms with Gasteiger partial charge in [-0.05, 0) is 62.8 Å². The van der Waals surface area contributed by atoms with Crippen LogP contribution in [0.4, 0.5) is 0 Å². The van der Waals surface area contributed by atoms with E-state index < -0.39 is 0 Å². The summed E-state index contributed by atoms with van der Waals surface area (Å²) in [6.45, 7) is 7.45. The van der Waals surface area contributed by atoms with Crippen molar-refractivity contribution in [2.24, 2.45) is 0 Å². The number of ether oxygens (including phenoxy) is 1. The maximum absolute atomic E-state index is 5.65. The third-order valence-corrected chi connectivity index (χ3v) is 4.42. The maximum atomic E-state index is 5.65. The predicted molar refractivity (Wildman–Crippen MR) is 80.7 cm³/mol. The summed E-state index contributed by atoms with van der Waals surface area (Å²) in [5.74, 6) is 0. The normalized spacial score (nSPS) is 16.4. The smallest absolute Gasteiger partial charge is 0.0778 e. The number of likely N-dealkylation sites (N-methyl/N-ethyl adjacent to an activating group) is 1. The lowest BCUT2D eigenvalue weighted by Crippen LogP contribution is -2.49. The number of benzene rings is 1. The molecule has 1 aliphatic carbocycles. The van der Waals surface area contributed by atoms with E-state index >= 15 is 0 Å². The number of nitrogens with one attached hydrogen (secondary N) is 1. The van der Waals surface area contributed by atoms with Gasteiger partial charge >= 0.3 is 0 Å². The van der Waals surface area contributed by atoms with Crippen molar-refractivity contribution in [1.29, 1.82) is 0 Å². The summed E-state index contributed by atoms with van der Waals surface area (Å²) in [5.41, 5.74) is 4.39. The summed E-state index contributed by atoms with van der Waals surface area (Å²) in [7, 11) is 1.80. The Labute approximate surface area is 117 Å². The average Bonchev–Trinajstić information content (AvgIpc) is 2.85. The van der Waals surface area contributed by atoms with E-state index in [1.165, 1.54) is 24.8 Å². The SMILES string of the molecule is CCNC(Cc1ccc2c(c1)CCC2)C(C)(C)OC. The molecule has 0 saturated carbocycles. The van der Waals surface area contributed by atoms with E-state index in [9.17, 15) is 0 Å². The van der Waals surface area contributed by atoms with E-state index in [0.29, 0.717) is 6.04 Å². The molecule has 2 heteroatoms. The Morgan fingerprint density at radius 1 is 1.26 bits per heavy atom. The maximum Gasteiger partial charge on any atom is 0.0778 e. The Morgan fingerprint density at radius 2 is 2.00 bits per heavy atom. The molecule has 0 amide bonds. The Bertz CT molecular complexity index is 425. The standard InChI is InChI=1S/C17H27NO/c1-5-18-16(17(2,3)19-4)12-13-9-10-14-7-6-8-15(14)11-13/h9-11,16,18H,5-8,12H2,1-4H3. The third-order valence-electron chi connectivity index (χ3n) is 4.42. The van der Waals surface area contributed by atoms with Crippen LogP contribution in [0.1, 0.15) is 43.9 Å². The number of methoxy groups -OCH3 is 1. The molecule has 106 valence electrons. The molecule has 2 nitrogen and oxygen atoms in total. The second-order valence-corrected chi connectivity index (χ2v) is 6.08. The highest BCUT2D eigenvalue weighted by Crippen LogP contribution is 2.25. The fraction of sp³-hybridized carbons (Fsp3) is 0.647. The Hall–Kier alpha value is -0.860. The van der Waals surface area contributed by atoms with E-state index in [4.69, 9.17) is 4.74 Å². The van der Waals surface area contributed by atoms with Crippen LogP contribution in [-0.4, -0.2) is 25.3 Å². The molecule has 0 spiro atoms. The van der Waals surface area contributed by atoms with Crippen LogP contribution < -0.4 is 5.32 Å². The fourth-order valence-electron chi connectivity index (χ4n) is 2.94. The van der Waals surface area contributed by atoms with Gasteiger partial charge in [-0.2, -0.15) is 0 Å². The van der Waals surface area contributed by atoms with Gasteiger partial charge in [-0.3, -0.25) is 0 Å². The van der Waals surface area contributed by atoms with E-state index in [1.54, 1.807) is 18.2 Å². The van der Waals surface area contributed by atoms with Crippen LogP contribution in [0.3, 0.4) is 0 Å². The number of hydrogen-bond acceptors (Lipinski definition) is 2. The molecule has 1 aromatic rings. The summed E-state index contributed by atoms with van der Waals surface area (Å²) in [5, 5.41) is 3.57. The molecule has 0 aromatic heterocycles. The minimum absolute atomic E-state index is 0.144. The van der Waals surface area contributed by atoms with Crippen molar-refractivity contribution in [2.45, 2.75) is 58.1 Å². The molecule has 1 unspecified atom stereocenters. The molecular weight excluding hydrogens is 234 g/mol. The van der Waals surface area contributed by atoms with Crippen molar-refractivity contribution in [3.05, 3.63) is 34.9 Å². The van der Waals surface area contributed by atoms with Gasteiger partial charge in [0.25, 0.3) is 0 Å². The van der Waals surface area contributed by atoms with Gasteiger partial charge in [0.05, 0.1) is 5.60 Å². The lowest BCUT2D eigenvalue weighted by molar-refractivity contribution is -0.00960. The molecule has 1 N–H and O–H groups in total. The lowest BCUT2D eigenvalue weighted by Gasteiger charge is -2.34. The van der Waals surface area contributed by atoms with Crippen molar-refractivity contribution in [3.63, 3.8) is 0 Å². The Balaban J connectivity index is 2.13. The number of rotatable bonds is 6. The molecule has 1 atom stereocenters. The predicted octanol–water partition coefficient (Wildman–Crippen LogP) is 3.12. The van der Waals surface area contributed by atoms with Gasteiger partial charge in [-0.15, -0.1) is 0 Å². The first kappa shape index (κ1) is 14.5. The monoisotopic (exact) mass is 261 g/mol. The number of aryl methyl sites for hydroxylation is 2. The highest BCUT2D eigenvalue weighted by molar-refractivity contribution is 5.35. The fourth-order valence-corrected chi connectivity index (χ4v) is 2.94. The molecule has 0 fully saturated rings. The second kappa shape index (κ2) is 6.06. The van der Waals surface area contributed by atoms with Gasteiger partial charge in [0.2, 0.25) is 0 Å². The van der Waals surface area contributed by atoms with Gasteiger partial charge in [-0.1, -0.05) is 25.1 Å². The van der Waals surface area contributed by atoms with Gasteiger partial charge in [0, 0.05) is 13.2 Å². The molecule has 0 radical (unpaired) electrons. The quantitative estimate of drug-likeness (QED) is 0.849. The summed E-state index contributed by atoms with van der Waals surface area (Å²) in [6, 6.07) is 7.36. The van der Waals surface area contributed by atoms with E-state index in [1.807, 2.05) is 0 Å². The number of hydrogen-bond donors (Lipinski definition) is 1. The van der Waals surface area contributed by atoms with Crippen molar-refractivity contribution in [1.82, 2.24) is 5.32 Å². The third kappa shape index (κ3) is 3.37. The van der Waals surface area contributed by atoms with Crippen LogP contribution in [0, 0.1) is 0 Å². The Morgan fingerprint density at radius 3 is 2.68 bits per heavy atom. The molecule has 0 aliphatic heterocycles. The van der Waals surface area contributed by atoms with Crippen molar-refractivity contribution < 1.29 is 4.74 Å². The van der Waals surface area contributed by atoms with Crippen LogP contribution in [-0.2, 0) is 24.0 Å². The highest BCUT2D eigenvalue weighted by atomic mass is 16.5. The second-order valence-electron chi connectivity index (χ2n) is 6.08. The van der Waals surface area contributed by atoms with Crippen LogP contribution in [0.5, 0.6) is 0 Å². The van der Waals surface area contributed by atoms with Gasteiger partial charge in [0.15, 0.2) is 0 Å². The zero-order chi connectivity index (χ0) is 13.9. The summed E-state index contributed by atoms with van der Waals surface area (Å²) >= 11 is 0. The minimum Gasteiger partial charge on any atom is -0.377 e. The zero-order valence-corrected chi connectivity index (χ0v) is 12.8. The van der Waals surface area contributed by atoms with E-state index in [-0.39, 0.29) is 5.60 Å². The van der Waals surface area contributed by atoms with Crippen LogP contribution in [0.2, 0.25) is 0 Å². The average molecular weight is 261 g/mol. The lowest BCUT2D eigenvalue weighted by atomic mass is 9.91. The van der Waals surface area contributed by atoms with Crippen LogP contribution >= 0.6 is 0 Å². The molecule has 0 saturated heterocycles. The molecule has 0 heterocycles. The molecule has 2 rings (SSSR count). The van der Waals surface area contributed by atoms with Crippen molar-refractivity contribution in [3.8, 4) is 0 Å². The first-order valence-corrected chi connectivity index (χ1v) is 7.46. The number of fused-ring (bicyclic) bond motifs is 1. The van der Waals surface area contributed by atoms with Crippen molar-refractivity contribution >= 4 is 0 Å². The topological polar surface area (TPSA) is 21.3 Å². The van der Waals surface area contributed by atoms with Gasteiger partial charge in [-0.25, -0.2) is 0 Å². The molecular formula is C17H27NO. The summed E-state index contributed by atoms with van der Waals surface area (Å²) in [4.78, 5) is 0. The van der Waals surface area contributed by atoms with Crippen LogP contribution in [0.25, 0.3) is 0 Å². The van der Waals surface area contributed by atoms with E-state index in [2.05, 4.69) is 44.3 Å². The zero-order valence-electron chi connectivity index (χ0n) is 12.8.